The van der Waals surface area contributed by atoms with Crippen LogP contribution < -0.4 is 11.1 Å². The van der Waals surface area contributed by atoms with E-state index in [0.717, 1.165) is 17.0 Å². The zero-order valence-corrected chi connectivity index (χ0v) is 12.2. The summed E-state index contributed by atoms with van der Waals surface area (Å²) in [5.74, 6) is 0.392. The third kappa shape index (κ3) is 2.52. The fraction of sp³-hybridized carbons (Fsp3) is 0.273. The first-order valence-electron chi connectivity index (χ1n) is 6.09. The van der Waals surface area contributed by atoms with Crippen LogP contribution in [0.25, 0.3) is 5.78 Å². The minimum absolute atomic E-state index is 0.153. The number of amides is 1. The van der Waals surface area contributed by atoms with Gasteiger partial charge in [-0.25, -0.2) is 4.98 Å². The first kappa shape index (κ1) is 13.4. The van der Waals surface area contributed by atoms with Gasteiger partial charge in [0.1, 0.15) is 5.51 Å². The Hall–Kier alpha value is -2.62. The van der Waals surface area contributed by atoms with Crippen LogP contribution in [0, 0.1) is 13.8 Å². The molecule has 3 aromatic rings. The minimum atomic E-state index is -0.188. The Morgan fingerprint density at radius 3 is 2.95 bits per heavy atom. The van der Waals surface area contributed by atoms with E-state index in [9.17, 15) is 4.79 Å². The van der Waals surface area contributed by atoms with E-state index in [0.29, 0.717) is 10.9 Å². The van der Waals surface area contributed by atoms with Crippen molar-refractivity contribution in [1.82, 2.24) is 29.8 Å². The number of aromatic nitrogens is 6. The van der Waals surface area contributed by atoms with Gasteiger partial charge in [-0.1, -0.05) is 11.3 Å². The summed E-state index contributed by atoms with van der Waals surface area (Å²) in [5, 5.41) is 14.7. The van der Waals surface area contributed by atoms with Gasteiger partial charge in [-0.2, -0.15) is 9.50 Å². The van der Waals surface area contributed by atoms with Gasteiger partial charge < -0.3 is 11.1 Å². The van der Waals surface area contributed by atoms with Gasteiger partial charge in [0, 0.05) is 17.0 Å². The predicted octanol–water partition coefficient (Wildman–Crippen LogP) is 0.356. The number of fused-ring (bicyclic) bond motifs is 1. The molecule has 3 heterocycles. The van der Waals surface area contributed by atoms with Gasteiger partial charge in [0.05, 0.1) is 6.42 Å². The maximum absolute atomic E-state index is 12.1. The molecular weight excluding hydrogens is 292 g/mol. The second-order valence-corrected chi connectivity index (χ2v) is 5.25. The molecule has 10 heteroatoms. The van der Waals surface area contributed by atoms with Crippen LogP contribution in [-0.4, -0.2) is 35.7 Å². The Labute approximate surface area is 123 Å². The zero-order valence-electron chi connectivity index (χ0n) is 11.4. The van der Waals surface area contributed by atoms with Crippen molar-refractivity contribution in [1.29, 1.82) is 0 Å². The van der Waals surface area contributed by atoms with Crippen molar-refractivity contribution in [2.24, 2.45) is 0 Å². The largest absolute Gasteiger partial charge is 0.366 e. The third-order valence-corrected chi connectivity index (χ3v) is 3.62. The normalized spacial score (nSPS) is 11.0. The number of hydrogen-bond donors (Lipinski definition) is 2. The van der Waals surface area contributed by atoms with Crippen molar-refractivity contribution in [2.45, 2.75) is 20.3 Å². The molecule has 0 aromatic carbocycles. The van der Waals surface area contributed by atoms with E-state index >= 15 is 0 Å². The first-order valence-corrected chi connectivity index (χ1v) is 6.97. The smallest absolute Gasteiger partial charge is 0.254 e. The highest BCUT2D eigenvalue weighted by atomic mass is 32.1. The Kier molecular flexibility index (Phi) is 3.22. The second kappa shape index (κ2) is 5.05. The quantitative estimate of drug-likeness (QED) is 0.715. The lowest BCUT2D eigenvalue weighted by molar-refractivity contribution is -0.115. The maximum atomic E-state index is 12.1. The van der Waals surface area contributed by atoms with E-state index in [1.165, 1.54) is 15.9 Å². The summed E-state index contributed by atoms with van der Waals surface area (Å²) >= 11 is 1.26. The molecule has 108 valence electrons. The van der Waals surface area contributed by atoms with Crippen molar-refractivity contribution in [3.05, 3.63) is 22.5 Å². The number of hydrogen-bond acceptors (Lipinski definition) is 8. The van der Waals surface area contributed by atoms with Gasteiger partial charge in [-0.3, -0.25) is 4.79 Å². The number of rotatable bonds is 3. The molecule has 0 aliphatic rings. The Morgan fingerprint density at radius 1 is 1.43 bits per heavy atom. The Bertz CT molecular complexity index is 809. The molecule has 1 amide bonds. The number of nitrogen functional groups attached to an aromatic ring is 1. The van der Waals surface area contributed by atoms with E-state index in [2.05, 4.69) is 30.6 Å². The van der Waals surface area contributed by atoms with E-state index in [1.807, 2.05) is 13.8 Å². The lowest BCUT2D eigenvalue weighted by Gasteiger charge is -2.09. The maximum Gasteiger partial charge on any atom is 0.254 e. The zero-order chi connectivity index (χ0) is 15.0. The van der Waals surface area contributed by atoms with Crippen LogP contribution in [0.5, 0.6) is 0 Å². The summed E-state index contributed by atoms with van der Waals surface area (Å²) in [6, 6.07) is 0. The van der Waals surface area contributed by atoms with Gasteiger partial charge in [0.15, 0.2) is 0 Å². The van der Waals surface area contributed by atoms with Gasteiger partial charge in [0.25, 0.3) is 5.78 Å². The topological polar surface area (TPSA) is 124 Å². The number of aryl methyl sites for hydroxylation is 2. The minimum Gasteiger partial charge on any atom is -0.366 e. The van der Waals surface area contributed by atoms with E-state index in [1.54, 1.807) is 5.51 Å². The van der Waals surface area contributed by atoms with Gasteiger partial charge in [0.2, 0.25) is 17.0 Å². The molecule has 3 N–H and O–H groups in total. The molecule has 3 rings (SSSR count). The number of carbonyl (C=O) groups excluding carboxylic acids is 1. The molecule has 0 radical (unpaired) electrons. The van der Waals surface area contributed by atoms with Crippen LogP contribution in [0.4, 0.5) is 11.1 Å². The summed E-state index contributed by atoms with van der Waals surface area (Å²) in [7, 11) is 0. The van der Waals surface area contributed by atoms with Crippen LogP contribution in [0.15, 0.2) is 5.51 Å². The monoisotopic (exact) mass is 304 g/mol. The highest BCUT2D eigenvalue weighted by molar-refractivity contribution is 7.13. The molecule has 0 saturated heterocycles. The van der Waals surface area contributed by atoms with Crippen molar-refractivity contribution in [2.75, 3.05) is 11.1 Å². The average molecular weight is 304 g/mol. The standard InChI is InChI=1S/C11H12N8OS/c1-5-7(3-8(20)15-11-17-13-4-21-11)6(2)19-10(14-5)16-9(12)18-19/h4H,3H2,1-2H3,(H2,12,18)(H,15,17,20). The summed E-state index contributed by atoms with van der Waals surface area (Å²) in [6.45, 7) is 3.68. The van der Waals surface area contributed by atoms with E-state index in [4.69, 9.17) is 5.73 Å². The molecular formula is C11H12N8OS. The van der Waals surface area contributed by atoms with Crippen LogP contribution in [0.1, 0.15) is 17.0 Å². The lowest BCUT2D eigenvalue weighted by Crippen LogP contribution is -2.17. The fourth-order valence-electron chi connectivity index (χ4n) is 2.03. The molecule has 0 saturated carbocycles. The number of anilines is 2. The van der Waals surface area contributed by atoms with Crippen molar-refractivity contribution in [3.63, 3.8) is 0 Å². The van der Waals surface area contributed by atoms with Gasteiger partial charge in [-0.05, 0) is 13.8 Å². The summed E-state index contributed by atoms with van der Waals surface area (Å²) < 4.78 is 1.54. The van der Waals surface area contributed by atoms with Crippen molar-refractivity contribution >= 4 is 34.1 Å². The van der Waals surface area contributed by atoms with Crippen LogP contribution in [-0.2, 0) is 11.2 Å². The Balaban J connectivity index is 1.91. The molecule has 0 unspecified atom stereocenters. The van der Waals surface area contributed by atoms with E-state index in [-0.39, 0.29) is 18.3 Å². The van der Waals surface area contributed by atoms with E-state index < -0.39 is 0 Å². The van der Waals surface area contributed by atoms with Gasteiger partial charge in [-0.15, -0.1) is 15.3 Å². The first-order chi connectivity index (χ1) is 10.0. The molecule has 0 fully saturated rings. The highest BCUT2D eigenvalue weighted by Crippen LogP contribution is 2.16. The molecule has 0 bridgehead atoms. The lowest BCUT2D eigenvalue weighted by atomic mass is 10.1. The number of nitrogens with zero attached hydrogens (tertiary/aromatic N) is 6. The fourth-order valence-corrected chi connectivity index (χ4v) is 2.49. The number of carbonyl (C=O) groups is 1. The van der Waals surface area contributed by atoms with Crippen LogP contribution in [0.2, 0.25) is 0 Å². The molecule has 3 aromatic heterocycles. The number of nitrogens with two attached hydrogens (primary N) is 1. The third-order valence-electron chi connectivity index (χ3n) is 3.01. The van der Waals surface area contributed by atoms with Crippen LogP contribution >= 0.6 is 11.3 Å². The van der Waals surface area contributed by atoms with Crippen molar-refractivity contribution in [3.8, 4) is 0 Å². The summed E-state index contributed by atoms with van der Waals surface area (Å²) in [4.78, 5) is 20.4. The molecule has 0 atom stereocenters. The van der Waals surface area contributed by atoms with Gasteiger partial charge >= 0.3 is 0 Å². The summed E-state index contributed by atoms with van der Waals surface area (Å²) in [5.41, 5.74) is 9.42. The summed E-state index contributed by atoms with van der Waals surface area (Å²) in [6.07, 6.45) is 0.167. The predicted molar refractivity (Wildman–Crippen MR) is 76.9 cm³/mol. The average Bonchev–Trinajstić information content (AvgIpc) is 3.04. The van der Waals surface area contributed by atoms with Crippen molar-refractivity contribution < 1.29 is 4.79 Å². The second-order valence-electron chi connectivity index (χ2n) is 4.41. The molecule has 0 spiro atoms. The SMILES string of the molecule is Cc1nc2nc(N)nn2c(C)c1CC(=O)Nc1nncs1. The molecule has 21 heavy (non-hydrogen) atoms. The number of nitrogens with one attached hydrogen (secondary N) is 1. The Morgan fingerprint density at radius 2 is 2.24 bits per heavy atom. The molecule has 9 nitrogen and oxygen atoms in total. The molecule has 0 aliphatic carbocycles. The molecule has 0 aliphatic heterocycles. The highest BCUT2D eigenvalue weighted by Gasteiger charge is 2.16. The van der Waals surface area contributed by atoms with Crippen LogP contribution in [0.3, 0.4) is 0 Å².